The van der Waals surface area contributed by atoms with Gasteiger partial charge in [-0.05, 0) is 42.2 Å². The third-order valence-electron chi connectivity index (χ3n) is 6.78. The topological polar surface area (TPSA) is 51.7 Å². The third kappa shape index (κ3) is 3.80. The number of aromatic nitrogens is 1. The van der Waals surface area contributed by atoms with E-state index in [0.717, 1.165) is 48.0 Å². The maximum Gasteiger partial charge on any atom is 0.225 e. The Kier molecular flexibility index (Phi) is 5.70. The molecule has 2 aromatic carbocycles. The Morgan fingerprint density at radius 1 is 1.00 bits per heavy atom. The molecule has 0 radical (unpaired) electrons. The summed E-state index contributed by atoms with van der Waals surface area (Å²) < 4.78 is 12.6. The second kappa shape index (κ2) is 8.64. The molecule has 0 aliphatic carbocycles. The lowest BCUT2D eigenvalue weighted by Crippen LogP contribution is -2.47. The van der Waals surface area contributed by atoms with E-state index in [1.54, 1.807) is 0 Å². The highest BCUT2D eigenvalue weighted by Crippen LogP contribution is 2.44. The van der Waals surface area contributed by atoms with E-state index in [-0.39, 0.29) is 17.7 Å². The number of nitrogens with zero attached hydrogens (tertiary/aromatic N) is 2. The number of pyridine rings is 1. The van der Waals surface area contributed by atoms with Crippen LogP contribution in [0.4, 0.5) is 0 Å². The fourth-order valence-corrected chi connectivity index (χ4v) is 5.06. The summed E-state index contributed by atoms with van der Waals surface area (Å²) in [6, 6.07) is 19.0. The molecule has 2 saturated heterocycles. The smallest absolute Gasteiger partial charge is 0.225 e. The van der Waals surface area contributed by atoms with Crippen molar-refractivity contribution in [3.63, 3.8) is 0 Å². The van der Waals surface area contributed by atoms with Crippen molar-refractivity contribution in [2.24, 2.45) is 11.8 Å². The van der Waals surface area contributed by atoms with Crippen molar-refractivity contribution in [3.05, 3.63) is 66.4 Å². The summed E-state index contributed by atoms with van der Waals surface area (Å²) in [4.78, 5) is 18.8. The number of rotatable bonds is 4. The van der Waals surface area contributed by atoms with Crippen LogP contribution in [0.25, 0.3) is 22.0 Å². The normalized spacial score (nSPS) is 19.0. The van der Waals surface area contributed by atoms with E-state index in [1.165, 1.54) is 5.56 Å². The van der Waals surface area contributed by atoms with Crippen LogP contribution in [-0.2, 0) is 20.1 Å². The number of piperidine rings is 1. The van der Waals surface area contributed by atoms with Crippen LogP contribution in [0.3, 0.4) is 0 Å². The monoisotopic (exact) mass is 430 g/mol. The molecule has 166 valence electrons. The van der Waals surface area contributed by atoms with Gasteiger partial charge in [0.05, 0.1) is 18.7 Å². The summed E-state index contributed by atoms with van der Waals surface area (Å²) in [6.07, 6.45) is 3.59. The summed E-state index contributed by atoms with van der Waals surface area (Å²) in [5, 5.41) is 1.13. The van der Waals surface area contributed by atoms with Gasteiger partial charge in [0.15, 0.2) is 5.79 Å². The van der Waals surface area contributed by atoms with E-state index in [9.17, 15) is 4.79 Å². The predicted molar refractivity (Wildman–Crippen MR) is 125 cm³/mol. The van der Waals surface area contributed by atoms with Gasteiger partial charge in [0.2, 0.25) is 5.91 Å². The van der Waals surface area contributed by atoms with Crippen molar-refractivity contribution in [3.8, 4) is 11.1 Å². The molecule has 0 spiro atoms. The maximum atomic E-state index is 12.4. The van der Waals surface area contributed by atoms with Gasteiger partial charge in [0.25, 0.3) is 0 Å². The van der Waals surface area contributed by atoms with Gasteiger partial charge in [-0.1, -0.05) is 50.2 Å². The first-order valence-corrected chi connectivity index (χ1v) is 11.6. The van der Waals surface area contributed by atoms with Gasteiger partial charge in [0, 0.05) is 42.1 Å². The van der Waals surface area contributed by atoms with Crippen LogP contribution in [0.1, 0.15) is 32.3 Å². The Balaban J connectivity index is 1.38. The van der Waals surface area contributed by atoms with Crippen molar-refractivity contribution in [2.75, 3.05) is 26.3 Å². The minimum Gasteiger partial charge on any atom is -0.343 e. The molecule has 3 heterocycles. The molecule has 5 heteroatoms. The van der Waals surface area contributed by atoms with E-state index >= 15 is 0 Å². The van der Waals surface area contributed by atoms with Crippen LogP contribution in [0.15, 0.2) is 60.8 Å². The lowest BCUT2D eigenvalue weighted by Gasteiger charge is -2.41. The van der Waals surface area contributed by atoms with Crippen molar-refractivity contribution < 1.29 is 14.3 Å². The van der Waals surface area contributed by atoms with Crippen LogP contribution in [0.5, 0.6) is 0 Å². The SMILES string of the molecule is CC(C)C(=O)N1CCC(C2(c3ccc(-c4ccc5ncccc5c4)cc3)OCCO2)CC1. The highest BCUT2D eigenvalue weighted by molar-refractivity contribution is 5.84. The summed E-state index contributed by atoms with van der Waals surface area (Å²) in [5.74, 6) is -0.198. The molecule has 0 atom stereocenters. The Morgan fingerprint density at radius 3 is 2.38 bits per heavy atom. The molecule has 0 N–H and O–H groups in total. The van der Waals surface area contributed by atoms with Crippen molar-refractivity contribution in [1.29, 1.82) is 0 Å². The molecule has 2 aliphatic rings. The Labute approximate surface area is 189 Å². The number of hydrogen-bond acceptors (Lipinski definition) is 4. The minimum absolute atomic E-state index is 0.0397. The molecule has 1 aromatic heterocycles. The number of hydrogen-bond donors (Lipinski definition) is 0. The molecule has 0 saturated carbocycles. The van der Waals surface area contributed by atoms with Gasteiger partial charge >= 0.3 is 0 Å². The highest BCUT2D eigenvalue weighted by atomic mass is 16.7. The lowest BCUT2D eigenvalue weighted by molar-refractivity contribution is -0.214. The summed E-state index contributed by atoms with van der Waals surface area (Å²) in [5.41, 5.74) is 4.39. The molecule has 3 aromatic rings. The quantitative estimate of drug-likeness (QED) is 0.585. The fourth-order valence-electron chi connectivity index (χ4n) is 5.06. The molecule has 2 fully saturated rings. The second-order valence-electron chi connectivity index (χ2n) is 9.11. The number of benzene rings is 2. The van der Waals surface area contributed by atoms with E-state index in [4.69, 9.17) is 9.47 Å². The molecule has 0 unspecified atom stereocenters. The zero-order valence-corrected chi connectivity index (χ0v) is 18.8. The molecular weight excluding hydrogens is 400 g/mol. The molecule has 1 amide bonds. The number of likely N-dealkylation sites (tertiary alicyclic amines) is 1. The standard InChI is InChI=1S/C27H30N2O3/c1-19(2)26(30)29-14-11-24(12-15-29)27(31-16-17-32-27)23-8-5-20(6-9-23)21-7-10-25-22(18-21)4-3-13-28-25/h3-10,13,18-19,24H,11-12,14-17H2,1-2H3. The first-order chi connectivity index (χ1) is 15.6. The van der Waals surface area contributed by atoms with E-state index in [0.29, 0.717) is 13.2 Å². The molecule has 0 bridgehead atoms. The molecule has 5 nitrogen and oxygen atoms in total. The van der Waals surface area contributed by atoms with E-state index in [1.807, 2.05) is 31.0 Å². The third-order valence-corrected chi connectivity index (χ3v) is 6.78. The van der Waals surface area contributed by atoms with Gasteiger partial charge in [-0.25, -0.2) is 0 Å². The lowest BCUT2D eigenvalue weighted by atomic mass is 9.83. The number of carbonyl (C=O) groups excluding carboxylic acids is 1. The number of amides is 1. The predicted octanol–water partition coefficient (Wildman–Crippen LogP) is 5.00. The minimum atomic E-state index is -0.710. The van der Waals surface area contributed by atoms with Crippen molar-refractivity contribution in [1.82, 2.24) is 9.88 Å². The van der Waals surface area contributed by atoms with E-state index in [2.05, 4.69) is 53.5 Å². The zero-order valence-electron chi connectivity index (χ0n) is 18.8. The largest absolute Gasteiger partial charge is 0.343 e. The Bertz CT molecular complexity index is 1100. The van der Waals surface area contributed by atoms with Gasteiger partial charge in [-0.3, -0.25) is 9.78 Å². The molecule has 32 heavy (non-hydrogen) atoms. The number of ether oxygens (including phenoxy) is 2. The van der Waals surface area contributed by atoms with E-state index < -0.39 is 5.79 Å². The molecule has 5 rings (SSSR count). The average Bonchev–Trinajstić information content (AvgIpc) is 3.35. The first kappa shape index (κ1) is 21.1. The summed E-state index contributed by atoms with van der Waals surface area (Å²) >= 11 is 0. The average molecular weight is 431 g/mol. The number of fused-ring (bicyclic) bond motifs is 1. The van der Waals surface area contributed by atoms with Crippen LogP contribution in [0, 0.1) is 11.8 Å². The Hall–Kier alpha value is -2.76. The number of carbonyl (C=O) groups is 1. The van der Waals surface area contributed by atoms with Crippen molar-refractivity contribution in [2.45, 2.75) is 32.5 Å². The van der Waals surface area contributed by atoms with Gasteiger partial charge < -0.3 is 14.4 Å². The zero-order chi connectivity index (χ0) is 22.1. The van der Waals surface area contributed by atoms with Crippen LogP contribution in [0.2, 0.25) is 0 Å². The Morgan fingerprint density at radius 2 is 1.69 bits per heavy atom. The van der Waals surface area contributed by atoms with Crippen LogP contribution >= 0.6 is 0 Å². The first-order valence-electron chi connectivity index (χ1n) is 11.6. The molecular formula is C27H30N2O3. The van der Waals surface area contributed by atoms with Gasteiger partial charge in [0.1, 0.15) is 0 Å². The summed E-state index contributed by atoms with van der Waals surface area (Å²) in [7, 11) is 0. The fraction of sp³-hybridized carbons (Fsp3) is 0.407. The van der Waals surface area contributed by atoms with Gasteiger partial charge in [-0.15, -0.1) is 0 Å². The van der Waals surface area contributed by atoms with Crippen LogP contribution in [-0.4, -0.2) is 42.1 Å². The van der Waals surface area contributed by atoms with Crippen LogP contribution < -0.4 is 0 Å². The highest BCUT2D eigenvalue weighted by Gasteiger charge is 2.47. The maximum absolute atomic E-state index is 12.4. The second-order valence-corrected chi connectivity index (χ2v) is 9.11. The van der Waals surface area contributed by atoms with Crippen molar-refractivity contribution >= 4 is 16.8 Å². The summed E-state index contributed by atoms with van der Waals surface area (Å²) in [6.45, 7) is 6.66. The molecule has 2 aliphatic heterocycles. The van der Waals surface area contributed by atoms with Gasteiger partial charge in [-0.2, -0.15) is 0 Å².